The highest BCUT2D eigenvalue weighted by atomic mass is 16.2. The Labute approximate surface area is 59.2 Å². The molecule has 1 N–H and O–H groups in total. The van der Waals surface area contributed by atoms with Gasteiger partial charge in [0.15, 0.2) is 0 Å². The van der Waals surface area contributed by atoms with Crippen LogP contribution in [0.15, 0.2) is 0 Å². The zero-order chi connectivity index (χ0) is 7.72. The Morgan fingerprint density at radius 1 is 1.60 bits per heavy atom. The van der Waals surface area contributed by atoms with Crippen LogP contribution in [0, 0.1) is 0 Å². The lowest BCUT2D eigenvalue weighted by molar-refractivity contribution is -0.122. The minimum atomic E-state index is -0.302. The number of nitrogens with one attached hydrogen (secondary N) is 1. The van der Waals surface area contributed by atoms with Crippen LogP contribution in [-0.4, -0.2) is 29.9 Å². The Hall–Kier alpha value is -1.06. The summed E-state index contributed by atoms with van der Waals surface area (Å²) in [6.07, 6.45) is 0.405. The SMILES string of the molecule is CC1CC(=O)NC(=O)N1C. The summed E-state index contributed by atoms with van der Waals surface area (Å²) in [5.74, 6) is -0.185. The van der Waals surface area contributed by atoms with Crippen molar-refractivity contribution in [2.75, 3.05) is 7.05 Å². The second-order valence-corrected chi connectivity index (χ2v) is 2.52. The predicted octanol–water partition coefficient (Wildman–Crippen LogP) is -0.0534. The largest absolute Gasteiger partial charge is 0.324 e. The first-order valence-electron chi connectivity index (χ1n) is 3.18. The average molecular weight is 142 g/mol. The molecule has 1 heterocycles. The summed E-state index contributed by atoms with van der Waals surface area (Å²) in [6, 6.07) is -0.273. The van der Waals surface area contributed by atoms with Crippen molar-refractivity contribution in [1.82, 2.24) is 10.2 Å². The number of hydrogen-bond donors (Lipinski definition) is 1. The van der Waals surface area contributed by atoms with Crippen molar-refractivity contribution in [1.29, 1.82) is 0 Å². The minimum absolute atomic E-state index is 0.0289. The van der Waals surface area contributed by atoms with Crippen LogP contribution in [0.25, 0.3) is 0 Å². The fraction of sp³-hybridized carbons (Fsp3) is 0.667. The molecule has 0 aromatic rings. The number of imide groups is 1. The van der Waals surface area contributed by atoms with Gasteiger partial charge in [0.05, 0.1) is 0 Å². The van der Waals surface area contributed by atoms with E-state index < -0.39 is 0 Å². The van der Waals surface area contributed by atoms with Crippen LogP contribution in [-0.2, 0) is 4.79 Å². The molecule has 1 fully saturated rings. The number of carbonyl (C=O) groups is 2. The summed E-state index contributed by atoms with van der Waals surface area (Å²) in [7, 11) is 1.67. The molecule has 1 aliphatic heterocycles. The van der Waals surface area contributed by atoms with Crippen molar-refractivity contribution < 1.29 is 9.59 Å². The second-order valence-electron chi connectivity index (χ2n) is 2.52. The number of amides is 3. The summed E-state index contributed by atoms with van der Waals surface area (Å²) in [5, 5.41) is 2.21. The van der Waals surface area contributed by atoms with E-state index in [4.69, 9.17) is 0 Å². The Morgan fingerprint density at radius 3 is 2.70 bits per heavy atom. The van der Waals surface area contributed by atoms with E-state index in [0.29, 0.717) is 6.42 Å². The van der Waals surface area contributed by atoms with Crippen LogP contribution >= 0.6 is 0 Å². The molecule has 0 aromatic heterocycles. The maximum absolute atomic E-state index is 10.8. The summed E-state index contributed by atoms with van der Waals surface area (Å²) >= 11 is 0. The molecular weight excluding hydrogens is 132 g/mol. The molecule has 1 aliphatic rings. The van der Waals surface area contributed by atoms with E-state index >= 15 is 0 Å². The fourth-order valence-corrected chi connectivity index (χ4v) is 0.864. The molecule has 4 heteroatoms. The van der Waals surface area contributed by atoms with E-state index in [1.807, 2.05) is 6.92 Å². The summed E-state index contributed by atoms with van der Waals surface area (Å²) in [4.78, 5) is 23.0. The lowest BCUT2D eigenvalue weighted by Gasteiger charge is -2.28. The topological polar surface area (TPSA) is 49.4 Å². The van der Waals surface area contributed by atoms with E-state index in [9.17, 15) is 9.59 Å². The molecule has 0 spiro atoms. The standard InChI is InChI=1S/C6H10N2O2/c1-4-3-5(9)7-6(10)8(4)2/h4H,3H2,1-2H3,(H,7,9,10). The molecule has 0 aliphatic carbocycles. The van der Waals surface area contributed by atoms with E-state index in [2.05, 4.69) is 5.32 Å². The van der Waals surface area contributed by atoms with Gasteiger partial charge < -0.3 is 4.90 Å². The highest BCUT2D eigenvalue weighted by Gasteiger charge is 2.25. The summed E-state index contributed by atoms with van der Waals surface area (Å²) in [5.41, 5.74) is 0. The van der Waals surface area contributed by atoms with Crippen LogP contribution in [0.5, 0.6) is 0 Å². The number of hydrogen-bond acceptors (Lipinski definition) is 2. The van der Waals surface area contributed by atoms with Crippen LogP contribution in [0.1, 0.15) is 13.3 Å². The monoisotopic (exact) mass is 142 g/mol. The molecule has 0 saturated carbocycles. The molecule has 0 bridgehead atoms. The van der Waals surface area contributed by atoms with Gasteiger partial charge in [0.25, 0.3) is 0 Å². The van der Waals surface area contributed by atoms with Crippen LogP contribution in [0.3, 0.4) is 0 Å². The summed E-state index contributed by atoms with van der Waals surface area (Å²) < 4.78 is 0. The van der Waals surface area contributed by atoms with Crippen LogP contribution in [0.4, 0.5) is 4.79 Å². The maximum Gasteiger partial charge on any atom is 0.324 e. The van der Waals surface area contributed by atoms with E-state index in [1.54, 1.807) is 7.05 Å². The molecule has 1 unspecified atom stereocenters. The first kappa shape index (κ1) is 7.05. The third-order valence-electron chi connectivity index (χ3n) is 1.71. The van der Waals surface area contributed by atoms with E-state index in [0.717, 1.165) is 0 Å². The molecule has 56 valence electrons. The second kappa shape index (κ2) is 2.28. The van der Waals surface area contributed by atoms with Crippen molar-refractivity contribution in [2.24, 2.45) is 0 Å². The van der Waals surface area contributed by atoms with Gasteiger partial charge in [-0.3, -0.25) is 10.1 Å². The Bertz CT molecular complexity index is 179. The quantitative estimate of drug-likeness (QED) is 0.515. The highest BCUT2D eigenvalue weighted by molar-refractivity contribution is 5.96. The lowest BCUT2D eigenvalue weighted by atomic mass is 10.2. The molecule has 10 heavy (non-hydrogen) atoms. The number of nitrogens with zero attached hydrogens (tertiary/aromatic N) is 1. The van der Waals surface area contributed by atoms with Gasteiger partial charge in [0.1, 0.15) is 0 Å². The predicted molar refractivity (Wildman–Crippen MR) is 35.4 cm³/mol. The molecule has 3 amide bonds. The fourth-order valence-electron chi connectivity index (χ4n) is 0.864. The van der Waals surface area contributed by atoms with Gasteiger partial charge in [-0.15, -0.1) is 0 Å². The maximum atomic E-state index is 10.8. The van der Waals surface area contributed by atoms with Crippen LogP contribution < -0.4 is 5.32 Å². The van der Waals surface area contributed by atoms with Crippen molar-refractivity contribution in [2.45, 2.75) is 19.4 Å². The molecule has 0 aromatic carbocycles. The molecule has 1 saturated heterocycles. The molecule has 1 atom stereocenters. The number of rotatable bonds is 0. The summed E-state index contributed by atoms with van der Waals surface area (Å²) in [6.45, 7) is 1.84. The Balaban J connectivity index is 2.66. The van der Waals surface area contributed by atoms with E-state index in [-0.39, 0.29) is 18.0 Å². The zero-order valence-electron chi connectivity index (χ0n) is 6.05. The molecule has 4 nitrogen and oxygen atoms in total. The van der Waals surface area contributed by atoms with Gasteiger partial charge in [0, 0.05) is 19.5 Å². The smallest absolute Gasteiger partial charge is 0.324 e. The first-order chi connectivity index (χ1) is 4.61. The van der Waals surface area contributed by atoms with E-state index in [1.165, 1.54) is 4.90 Å². The average Bonchev–Trinajstić information content (AvgIpc) is 1.82. The van der Waals surface area contributed by atoms with Crippen molar-refractivity contribution in [3.8, 4) is 0 Å². The van der Waals surface area contributed by atoms with Crippen molar-refractivity contribution in [3.63, 3.8) is 0 Å². The lowest BCUT2D eigenvalue weighted by Crippen LogP contribution is -2.51. The molecule has 0 radical (unpaired) electrons. The zero-order valence-corrected chi connectivity index (χ0v) is 6.05. The van der Waals surface area contributed by atoms with Crippen molar-refractivity contribution >= 4 is 11.9 Å². The van der Waals surface area contributed by atoms with Crippen molar-refractivity contribution in [3.05, 3.63) is 0 Å². The van der Waals surface area contributed by atoms with Gasteiger partial charge in [-0.1, -0.05) is 0 Å². The molecular formula is C6H10N2O2. The Morgan fingerprint density at radius 2 is 2.20 bits per heavy atom. The number of carbonyl (C=O) groups excluding carboxylic acids is 2. The van der Waals surface area contributed by atoms with Crippen LogP contribution in [0.2, 0.25) is 0 Å². The van der Waals surface area contributed by atoms with Gasteiger partial charge in [0.2, 0.25) is 5.91 Å². The van der Waals surface area contributed by atoms with Gasteiger partial charge >= 0.3 is 6.03 Å². The molecule has 1 rings (SSSR count). The number of urea groups is 1. The van der Waals surface area contributed by atoms with Gasteiger partial charge in [-0.2, -0.15) is 0 Å². The van der Waals surface area contributed by atoms with Gasteiger partial charge in [-0.05, 0) is 6.92 Å². The third kappa shape index (κ3) is 1.10. The normalized spacial score (nSPS) is 26.6. The van der Waals surface area contributed by atoms with Gasteiger partial charge in [-0.25, -0.2) is 4.79 Å². The highest BCUT2D eigenvalue weighted by Crippen LogP contribution is 2.05. The minimum Gasteiger partial charge on any atom is -0.324 e. The first-order valence-corrected chi connectivity index (χ1v) is 3.18. The Kier molecular flexibility index (Phi) is 1.61. The third-order valence-corrected chi connectivity index (χ3v) is 1.71.